The van der Waals surface area contributed by atoms with E-state index in [0.717, 1.165) is 12.0 Å². The molecular weight excluding hydrogens is 506 g/mol. The van der Waals surface area contributed by atoms with Crippen molar-refractivity contribution in [2.75, 3.05) is 24.7 Å². The second kappa shape index (κ2) is 10.3. The van der Waals surface area contributed by atoms with Gasteiger partial charge in [0.2, 0.25) is 0 Å². The van der Waals surface area contributed by atoms with Crippen molar-refractivity contribution in [3.63, 3.8) is 0 Å². The number of aromatic amines is 1. The summed E-state index contributed by atoms with van der Waals surface area (Å²) in [5, 5.41) is 17.9. The zero-order valence-corrected chi connectivity index (χ0v) is 22.6. The number of aromatic hydroxyl groups is 1. The first-order valence-electron chi connectivity index (χ1n) is 13.0. The highest BCUT2D eigenvalue weighted by Gasteiger charge is 2.48. The summed E-state index contributed by atoms with van der Waals surface area (Å²) < 4.78 is 36.7. The number of nitrogens with zero attached hydrogens (tertiary/aromatic N) is 2. The average molecular weight is 540 g/mol. The highest BCUT2D eigenvalue weighted by atomic mass is 32.2. The van der Waals surface area contributed by atoms with E-state index < -0.39 is 21.9 Å². The van der Waals surface area contributed by atoms with Crippen molar-refractivity contribution in [2.45, 2.75) is 45.7 Å². The van der Waals surface area contributed by atoms with Gasteiger partial charge < -0.3 is 19.5 Å². The molecule has 0 bridgehead atoms. The van der Waals surface area contributed by atoms with Gasteiger partial charge in [-0.05, 0) is 55.5 Å². The third-order valence-corrected chi connectivity index (χ3v) is 8.85. The summed E-state index contributed by atoms with van der Waals surface area (Å²) in [7, 11) is -3.25. The van der Waals surface area contributed by atoms with Gasteiger partial charge in [-0.15, -0.1) is 0 Å². The monoisotopic (exact) mass is 539 g/mol. The normalized spacial score (nSPS) is 20.2. The van der Waals surface area contributed by atoms with Crippen molar-refractivity contribution >= 4 is 15.7 Å². The number of amides is 1. The van der Waals surface area contributed by atoms with Crippen LogP contribution in [0.2, 0.25) is 0 Å². The van der Waals surface area contributed by atoms with Crippen molar-refractivity contribution in [2.24, 2.45) is 5.92 Å². The molecule has 9 nitrogen and oxygen atoms in total. The highest BCUT2D eigenvalue weighted by Crippen LogP contribution is 2.47. The van der Waals surface area contributed by atoms with Crippen molar-refractivity contribution in [1.82, 2.24) is 15.1 Å². The Labute approximate surface area is 222 Å². The van der Waals surface area contributed by atoms with E-state index in [9.17, 15) is 18.3 Å². The number of phenols is 1. The van der Waals surface area contributed by atoms with Crippen LogP contribution < -0.4 is 9.47 Å². The highest BCUT2D eigenvalue weighted by molar-refractivity contribution is 7.91. The maximum Gasteiger partial charge on any atom is 0.273 e. The Morgan fingerprint density at radius 3 is 2.63 bits per heavy atom. The average Bonchev–Trinajstić information content (AvgIpc) is 3.53. The van der Waals surface area contributed by atoms with Crippen LogP contribution in [0.4, 0.5) is 0 Å². The SMILES string of the molecule is CCOc1cc(C2c3c(-c4ccccc4O)n[nH]c3C(=O)N2C2CCS(=O)(=O)C2)ccc1OCCC(C)C. The molecule has 2 atom stereocenters. The third-order valence-electron chi connectivity index (χ3n) is 7.10. The fraction of sp³-hybridized carbons (Fsp3) is 0.429. The van der Waals surface area contributed by atoms with Gasteiger partial charge >= 0.3 is 0 Å². The smallest absolute Gasteiger partial charge is 0.273 e. The van der Waals surface area contributed by atoms with E-state index in [1.165, 1.54) is 0 Å². The molecule has 3 aromatic rings. The van der Waals surface area contributed by atoms with Gasteiger partial charge in [0.1, 0.15) is 17.1 Å². The largest absolute Gasteiger partial charge is 0.507 e. The van der Waals surface area contributed by atoms with E-state index in [2.05, 4.69) is 24.0 Å². The number of nitrogens with one attached hydrogen (secondary N) is 1. The van der Waals surface area contributed by atoms with Crippen molar-refractivity contribution < 1.29 is 27.8 Å². The molecule has 2 aliphatic heterocycles. The lowest BCUT2D eigenvalue weighted by molar-refractivity contribution is 0.0677. The number of sulfone groups is 1. The van der Waals surface area contributed by atoms with Crippen LogP contribution >= 0.6 is 0 Å². The molecular formula is C28H33N3O6S. The molecule has 0 aliphatic carbocycles. The Balaban J connectivity index is 1.62. The minimum absolute atomic E-state index is 0.0406. The molecule has 5 rings (SSSR count). The predicted octanol–water partition coefficient (Wildman–Crippen LogP) is 4.34. The third kappa shape index (κ3) is 4.84. The molecule has 1 aromatic heterocycles. The van der Waals surface area contributed by atoms with Crippen molar-refractivity contribution in [3.8, 4) is 28.5 Å². The Kier molecular flexibility index (Phi) is 7.09. The molecule has 10 heteroatoms. The Morgan fingerprint density at radius 2 is 1.95 bits per heavy atom. The van der Waals surface area contributed by atoms with Gasteiger partial charge in [0.05, 0.1) is 30.8 Å². The zero-order chi connectivity index (χ0) is 27.0. The van der Waals surface area contributed by atoms with Crippen LogP contribution in [0.25, 0.3) is 11.3 Å². The quantitative estimate of drug-likeness (QED) is 0.415. The van der Waals surface area contributed by atoms with Crippen molar-refractivity contribution in [3.05, 3.63) is 59.3 Å². The molecule has 2 N–H and O–H groups in total. The minimum atomic E-state index is -3.25. The molecule has 38 heavy (non-hydrogen) atoms. The molecule has 202 valence electrons. The maximum absolute atomic E-state index is 13.7. The van der Waals surface area contributed by atoms with E-state index in [1.54, 1.807) is 29.2 Å². The van der Waals surface area contributed by atoms with Crippen LogP contribution in [-0.4, -0.2) is 65.3 Å². The zero-order valence-electron chi connectivity index (χ0n) is 21.8. The van der Waals surface area contributed by atoms with E-state index >= 15 is 0 Å². The number of ether oxygens (including phenoxy) is 2. The number of hydrogen-bond donors (Lipinski definition) is 2. The number of para-hydroxylation sites is 1. The first-order valence-corrected chi connectivity index (χ1v) is 14.8. The first kappa shape index (κ1) is 26.1. The van der Waals surface area contributed by atoms with Crippen LogP contribution in [0.5, 0.6) is 17.2 Å². The number of rotatable bonds is 9. The topological polar surface area (TPSA) is 122 Å². The van der Waals surface area contributed by atoms with Crippen LogP contribution in [0.1, 0.15) is 61.3 Å². The van der Waals surface area contributed by atoms with E-state index in [4.69, 9.17) is 9.47 Å². The number of hydrogen-bond acceptors (Lipinski definition) is 7. The molecule has 0 spiro atoms. The summed E-state index contributed by atoms with van der Waals surface area (Å²) >= 11 is 0. The van der Waals surface area contributed by atoms with Gasteiger partial charge in [0.15, 0.2) is 21.3 Å². The van der Waals surface area contributed by atoms with Crippen molar-refractivity contribution in [1.29, 1.82) is 0 Å². The lowest BCUT2D eigenvalue weighted by Gasteiger charge is -2.31. The van der Waals surface area contributed by atoms with Gasteiger partial charge in [-0.1, -0.05) is 32.0 Å². The van der Waals surface area contributed by atoms with Gasteiger partial charge in [-0.2, -0.15) is 5.10 Å². The maximum atomic E-state index is 13.7. The van der Waals surface area contributed by atoms with Gasteiger partial charge in [-0.25, -0.2) is 8.42 Å². The second-order valence-electron chi connectivity index (χ2n) is 10.2. The number of phenolic OH excluding ortho intramolecular Hbond substituents is 1. The summed E-state index contributed by atoms with van der Waals surface area (Å²) in [4.78, 5) is 15.4. The van der Waals surface area contributed by atoms with Crippen LogP contribution in [-0.2, 0) is 9.84 Å². The predicted molar refractivity (Wildman–Crippen MR) is 143 cm³/mol. The summed E-state index contributed by atoms with van der Waals surface area (Å²) in [6, 6.07) is 11.3. The van der Waals surface area contributed by atoms with E-state index in [1.807, 2.05) is 25.1 Å². The fourth-order valence-corrected chi connectivity index (χ4v) is 6.94. The Bertz CT molecular complexity index is 1450. The summed E-state index contributed by atoms with van der Waals surface area (Å²) in [6.07, 6.45) is 1.26. The molecule has 3 heterocycles. The fourth-order valence-electron chi connectivity index (χ4n) is 5.23. The molecule has 0 radical (unpaired) electrons. The molecule has 2 aromatic carbocycles. The molecule has 2 unspecified atom stereocenters. The standard InChI is InChI=1S/C28H33N3O6S/c1-4-36-23-15-18(9-10-22(23)37-13-11-17(2)3)27-24-25(20-7-5-6-8-21(20)32)29-30-26(24)28(33)31(27)19-12-14-38(34,35)16-19/h5-10,15,17,19,27,32H,4,11-14,16H2,1-3H3,(H,29,30). The van der Waals surface area contributed by atoms with E-state index in [-0.39, 0.29) is 23.2 Å². The van der Waals surface area contributed by atoms with Crippen LogP contribution in [0, 0.1) is 5.92 Å². The van der Waals surface area contributed by atoms with Gasteiger partial charge in [0, 0.05) is 17.2 Å². The molecule has 1 fully saturated rings. The Hall–Kier alpha value is -3.53. The summed E-state index contributed by atoms with van der Waals surface area (Å²) in [6.45, 7) is 7.14. The van der Waals surface area contributed by atoms with Crippen LogP contribution in [0.15, 0.2) is 42.5 Å². The summed E-state index contributed by atoms with van der Waals surface area (Å²) in [5.41, 5.74) is 2.60. The summed E-state index contributed by atoms with van der Waals surface area (Å²) in [5.74, 6) is 1.35. The molecule has 0 saturated carbocycles. The minimum Gasteiger partial charge on any atom is -0.507 e. The van der Waals surface area contributed by atoms with E-state index in [0.29, 0.717) is 59.6 Å². The van der Waals surface area contributed by atoms with Gasteiger partial charge in [0.25, 0.3) is 5.91 Å². The van der Waals surface area contributed by atoms with Gasteiger partial charge in [-0.3, -0.25) is 9.89 Å². The molecule has 2 aliphatic rings. The second-order valence-corrected chi connectivity index (χ2v) is 12.4. The molecule has 1 amide bonds. The number of aromatic nitrogens is 2. The van der Waals surface area contributed by atoms with Crippen LogP contribution in [0.3, 0.4) is 0 Å². The number of benzene rings is 2. The lowest BCUT2D eigenvalue weighted by Crippen LogP contribution is -2.40. The number of carbonyl (C=O) groups excluding carboxylic acids is 1. The first-order chi connectivity index (χ1) is 18.2. The molecule has 1 saturated heterocycles. The number of carbonyl (C=O) groups is 1. The lowest BCUT2D eigenvalue weighted by atomic mass is 9.94. The Morgan fingerprint density at radius 1 is 1.16 bits per heavy atom. The number of H-pyrrole nitrogens is 1. The number of fused-ring (bicyclic) bond motifs is 1.